The number of carbonyl (C=O) groups excluding carboxylic acids is 2. The number of hydrogen-bond donors (Lipinski definition) is 5. The number of nitrogens with one attached hydrogen (secondary N) is 2. The van der Waals surface area contributed by atoms with E-state index in [0.29, 0.717) is 0 Å². The number of aliphatic carboxylic acids is 1. The van der Waals surface area contributed by atoms with Crippen LogP contribution in [0, 0.1) is 0 Å². The van der Waals surface area contributed by atoms with Crippen molar-refractivity contribution in [3.63, 3.8) is 0 Å². The highest BCUT2D eigenvalue weighted by molar-refractivity contribution is 5.82. The molecule has 0 aromatic rings. The minimum atomic E-state index is -1.14. The third kappa shape index (κ3) is 9.25. The van der Waals surface area contributed by atoms with Crippen molar-refractivity contribution >= 4 is 17.8 Å². The van der Waals surface area contributed by atoms with Crippen LogP contribution in [0.25, 0.3) is 0 Å². The molecule has 0 saturated heterocycles. The van der Waals surface area contributed by atoms with Crippen LogP contribution in [-0.4, -0.2) is 83.9 Å². The predicted molar refractivity (Wildman–Crippen MR) is 68.9 cm³/mol. The summed E-state index contributed by atoms with van der Waals surface area (Å²) in [4.78, 5) is 34.6. The largest absolute Gasteiger partial charge is 0.480 e. The topological polar surface area (TPSA) is 139 Å². The maximum Gasteiger partial charge on any atom is 0.322 e. The highest BCUT2D eigenvalue weighted by Gasteiger charge is 2.14. The minimum Gasteiger partial charge on any atom is -0.480 e. The van der Waals surface area contributed by atoms with E-state index in [1.165, 1.54) is 4.90 Å². The standard InChI is InChI=1S/C11H21N3O6/c15-5-2-12-7-10(18)14(4-6-16)3-1-9(17)13-8-11(19)20/h12,15-16H,1-8H2,(H,13,17)(H,19,20). The normalized spacial score (nSPS) is 10.1. The molecule has 5 N–H and O–H groups in total. The molecular formula is C11H21N3O6. The molecule has 0 unspecified atom stereocenters. The van der Waals surface area contributed by atoms with Crippen LogP contribution in [0.2, 0.25) is 0 Å². The summed E-state index contributed by atoms with van der Waals surface area (Å²) in [6.45, 7) is -0.342. The molecule has 0 spiro atoms. The molecular weight excluding hydrogens is 270 g/mol. The molecule has 0 aliphatic heterocycles. The molecule has 116 valence electrons. The first-order valence-electron chi connectivity index (χ1n) is 6.20. The first kappa shape index (κ1) is 18.3. The van der Waals surface area contributed by atoms with E-state index in [4.69, 9.17) is 15.3 Å². The van der Waals surface area contributed by atoms with E-state index in [0.717, 1.165) is 0 Å². The lowest BCUT2D eigenvalue weighted by Crippen LogP contribution is -2.42. The number of carboxylic acids is 1. The van der Waals surface area contributed by atoms with Crippen LogP contribution in [0.3, 0.4) is 0 Å². The number of amides is 2. The van der Waals surface area contributed by atoms with Gasteiger partial charge in [0.15, 0.2) is 0 Å². The lowest BCUT2D eigenvalue weighted by atomic mass is 10.3. The third-order valence-corrected chi connectivity index (χ3v) is 2.33. The summed E-state index contributed by atoms with van der Waals surface area (Å²) in [5, 5.41) is 30.7. The fraction of sp³-hybridized carbons (Fsp3) is 0.727. The van der Waals surface area contributed by atoms with Gasteiger partial charge < -0.3 is 30.9 Å². The van der Waals surface area contributed by atoms with Crippen LogP contribution in [0.15, 0.2) is 0 Å². The van der Waals surface area contributed by atoms with Gasteiger partial charge in [0.2, 0.25) is 11.8 Å². The van der Waals surface area contributed by atoms with Crippen LogP contribution in [0.5, 0.6) is 0 Å². The van der Waals surface area contributed by atoms with E-state index in [9.17, 15) is 14.4 Å². The van der Waals surface area contributed by atoms with Crippen molar-refractivity contribution in [2.45, 2.75) is 6.42 Å². The number of carboxylic acid groups (broad SMARTS) is 1. The molecule has 0 radical (unpaired) electrons. The summed E-state index contributed by atoms with van der Waals surface area (Å²) >= 11 is 0. The molecule has 0 aromatic carbocycles. The van der Waals surface area contributed by atoms with Gasteiger partial charge in [0.05, 0.1) is 19.8 Å². The average Bonchev–Trinajstić information content (AvgIpc) is 2.41. The Morgan fingerprint density at radius 3 is 2.25 bits per heavy atom. The molecule has 9 heteroatoms. The Morgan fingerprint density at radius 2 is 1.70 bits per heavy atom. The molecule has 9 nitrogen and oxygen atoms in total. The van der Waals surface area contributed by atoms with E-state index in [1.807, 2.05) is 0 Å². The second-order valence-electron chi connectivity index (χ2n) is 3.93. The van der Waals surface area contributed by atoms with E-state index in [2.05, 4.69) is 10.6 Å². The number of nitrogens with zero attached hydrogens (tertiary/aromatic N) is 1. The van der Waals surface area contributed by atoms with Gasteiger partial charge in [-0.3, -0.25) is 14.4 Å². The maximum atomic E-state index is 11.7. The number of rotatable bonds is 11. The molecule has 0 bridgehead atoms. The van der Waals surface area contributed by atoms with Gasteiger partial charge in [-0.05, 0) is 0 Å². The van der Waals surface area contributed by atoms with Gasteiger partial charge in [0.25, 0.3) is 0 Å². The van der Waals surface area contributed by atoms with E-state index in [1.54, 1.807) is 0 Å². The molecule has 0 rings (SSSR count). The Bertz CT molecular complexity index is 323. The van der Waals surface area contributed by atoms with Crippen molar-refractivity contribution < 1.29 is 29.7 Å². The highest BCUT2D eigenvalue weighted by Crippen LogP contribution is 1.93. The van der Waals surface area contributed by atoms with E-state index >= 15 is 0 Å². The number of carbonyl (C=O) groups is 3. The molecule has 0 saturated carbocycles. The number of aliphatic hydroxyl groups excluding tert-OH is 2. The second kappa shape index (κ2) is 11.1. The van der Waals surface area contributed by atoms with E-state index in [-0.39, 0.29) is 51.7 Å². The van der Waals surface area contributed by atoms with Gasteiger partial charge in [-0.2, -0.15) is 0 Å². The Hall–Kier alpha value is -1.71. The quantitative estimate of drug-likeness (QED) is 0.255. The third-order valence-electron chi connectivity index (χ3n) is 2.33. The Morgan fingerprint density at radius 1 is 1.00 bits per heavy atom. The van der Waals surface area contributed by atoms with Gasteiger partial charge in [-0.15, -0.1) is 0 Å². The van der Waals surface area contributed by atoms with Crippen LogP contribution in [-0.2, 0) is 14.4 Å². The van der Waals surface area contributed by atoms with Crippen molar-refractivity contribution in [3.05, 3.63) is 0 Å². The molecule has 2 amide bonds. The van der Waals surface area contributed by atoms with Crippen molar-refractivity contribution in [2.75, 3.05) is 45.9 Å². The summed E-state index contributed by atoms with van der Waals surface area (Å²) in [7, 11) is 0. The predicted octanol–water partition coefficient (Wildman–Crippen LogP) is -3.02. The summed E-state index contributed by atoms with van der Waals surface area (Å²) in [6.07, 6.45) is -0.0426. The Kier molecular flexibility index (Phi) is 10.2. The molecule has 0 aliphatic carbocycles. The Balaban J connectivity index is 4.08. The lowest BCUT2D eigenvalue weighted by Gasteiger charge is -2.21. The van der Waals surface area contributed by atoms with Crippen LogP contribution in [0.1, 0.15) is 6.42 Å². The van der Waals surface area contributed by atoms with Crippen LogP contribution >= 0.6 is 0 Å². The zero-order chi connectivity index (χ0) is 15.4. The van der Waals surface area contributed by atoms with Crippen LogP contribution in [0.4, 0.5) is 0 Å². The van der Waals surface area contributed by atoms with E-state index < -0.39 is 18.4 Å². The van der Waals surface area contributed by atoms with Gasteiger partial charge in [-0.25, -0.2) is 0 Å². The SMILES string of the molecule is O=C(O)CNC(=O)CCN(CCO)C(=O)CNCCO. The number of hydrogen-bond acceptors (Lipinski definition) is 6. The molecule has 0 fully saturated rings. The number of aliphatic hydroxyl groups is 2. The monoisotopic (exact) mass is 291 g/mol. The van der Waals surface area contributed by atoms with Crippen molar-refractivity contribution in [3.8, 4) is 0 Å². The fourth-order valence-corrected chi connectivity index (χ4v) is 1.37. The first-order chi connectivity index (χ1) is 9.51. The highest BCUT2D eigenvalue weighted by atomic mass is 16.4. The van der Waals surface area contributed by atoms with Gasteiger partial charge >= 0.3 is 5.97 Å². The average molecular weight is 291 g/mol. The molecule has 0 aromatic heterocycles. The zero-order valence-electron chi connectivity index (χ0n) is 11.2. The van der Waals surface area contributed by atoms with Gasteiger partial charge in [0, 0.05) is 26.1 Å². The molecule has 20 heavy (non-hydrogen) atoms. The van der Waals surface area contributed by atoms with Crippen molar-refractivity contribution in [1.29, 1.82) is 0 Å². The minimum absolute atomic E-state index is 0.00267. The Labute approximate surface area is 116 Å². The summed E-state index contributed by atoms with van der Waals surface area (Å²) in [5.74, 6) is -1.93. The molecule has 0 heterocycles. The summed E-state index contributed by atoms with van der Waals surface area (Å²) in [5.41, 5.74) is 0. The van der Waals surface area contributed by atoms with Crippen molar-refractivity contribution in [1.82, 2.24) is 15.5 Å². The second-order valence-corrected chi connectivity index (χ2v) is 3.93. The smallest absolute Gasteiger partial charge is 0.322 e. The molecule has 0 aliphatic rings. The lowest BCUT2D eigenvalue weighted by molar-refractivity contribution is -0.138. The summed E-state index contributed by atoms with van der Waals surface area (Å²) < 4.78 is 0. The zero-order valence-corrected chi connectivity index (χ0v) is 11.2. The molecule has 0 atom stereocenters. The summed E-state index contributed by atoms with van der Waals surface area (Å²) in [6, 6.07) is 0. The van der Waals surface area contributed by atoms with Gasteiger partial charge in [-0.1, -0.05) is 0 Å². The van der Waals surface area contributed by atoms with Crippen molar-refractivity contribution in [2.24, 2.45) is 0 Å². The fourth-order valence-electron chi connectivity index (χ4n) is 1.37. The maximum absolute atomic E-state index is 11.7. The first-order valence-corrected chi connectivity index (χ1v) is 6.20. The van der Waals surface area contributed by atoms with Crippen LogP contribution < -0.4 is 10.6 Å². The van der Waals surface area contributed by atoms with Gasteiger partial charge in [0.1, 0.15) is 6.54 Å².